The maximum atomic E-state index is 12.7. The molecule has 1 aromatic heterocycles. The number of hydrogen-bond acceptors (Lipinski definition) is 4. The summed E-state index contributed by atoms with van der Waals surface area (Å²) in [6, 6.07) is 3.73. The van der Waals surface area contributed by atoms with Crippen molar-refractivity contribution in [1.29, 1.82) is 0 Å². The fourth-order valence-electron chi connectivity index (χ4n) is 2.35. The van der Waals surface area contributed by atoms with Gasteiger partial charge in [-0.25, -0.2) is 4.98 Å². The molecule has 1 aliphatic rings. The molecule has 21 heavy (non-hydrogen) atoms. The Kier molecular flexibility index (Phi) is 4.31. The lowest BCUT2D eigenvalue weighted by Crippen LogP contribution is -2.19. The molecule has 2 aromatic rings. The van der Waals surface area contributed by atoms with Crippen LogP contribution in [0.3, 0.4) is 0 Å². The Morgan fingerprint density at radius 1 is 1.29 bits per heavy atom. The molecule has 0 amide bonds. The number of benzene rings is 1. The lowest BCUT2D eigenvalue weighted by Gasteiger charge is -2.21. The quantitative estimate of drug-likeness (QED) is 0.855. The second kappa shape index (κ2) is 6.04. The van der Waals surface area contributed by atoms with Gasteiger partial charge in [-0.15, -0.1) is 0 Å². The van der Waals surface area contributed by atoms with Crippen LogP contribution in [0.25, 0.3) is 10.2 Å². The molecule has 0 radical (unpaired) electrons. The minimum absolute atomic E-state index is 0.411. The van der Waals surface area contributed by atoms with Gasteiger partial charge in [-0.3, -0.25) is 0 Å². The maximum Gasteiger partial charge on any atom is 0.416 e. The van der Waals surface area contributed by atoms with Crippen LogP contribution in [0.5, 0.6) is 0 Å². The lowest BCUT2D eigenvalue weighted by atomic mass is 10.2. The summed E-state index contributed by atoms with van der Waals surface area (Å²) in [5.41, 5.74) is -0.233. The largest absolute Gasteiger partial charge is 0.416 e. The Bertz CT molecular complexity index is 618. The smallest absolute Gasteiger partial charge is 0.360 e. The van der Waals surface area contributed by atoms with Gasteiger partial charge in [0.2, 0.25) is 0 Å². The Morgan fingerprint density at radius 2 is 2.14 bits per heavy atom. The van der Waals surface area contributed by atoms with E-state index < -0.39 is 11.7 Å². The highest BCUT2D eigenvalue weighted by atomic mass is 32.2. The van der Waals surface area contributed by atoms with E-state index in [4.69, 9.17) is 0 Å². The van der Waals surface area contributed by atoms with E-state index in [1.54, 1.807) is 0 Å². The van der Waals surface area contributed by atoms with Gasteiger partial charge in [0.05, 0.1) is 15.8 Å². The minimum atomic E-state index is -4.32. The zero-order chi connectivity index (χ0) is 14.9. The first kappa shape index (κ1) is 15.0. The summed E-state index contributed by atoms with van der Waals surface area (Å²) in [5, 5.41) is 4.55. The third-order valence-corrected chi connectivity index (χ3v) is 5.86. The number of nitrogens with one attached hydrogen (secondary N) is 1. The molecular formula is C14H15F3N2S2. The topological polar surface area (TPSA) is 24.9 Å². The van der Waals surface area contributed by atoms with Gasteiger partial charge in [0.15, 0.2) is 5.13 Å². The fraction of sp³-hybridized carbons (Fsp3) is 0.500. The van der Waals surface area contributed by atoms with Crippen molar-refractivity contribution in [2.24, 2.45) is 0 Å². The van der Waals surface area contributed by atoms with Crippen LogP contribution >= 0.6 is 23.1 Å². The highest BCUT2D eigenvalue weighted by Gasteiger charge is 2.30. The predicted octanol–water partition coefficient (Wildman–Crippen LogP) is 5.01. The normalized spacial score (nSPS) is 19.9. The molecule has 0 bridgehead atoms. The summed E-state index contributed by atoms with van der Waals surface area (Å²) in [4.78, 5) is 4.27. The zero-order valence-corrected chi connectivity index (χ0v) is 12.9. The van der Waals surface area contributed by atoms with Gasteiger partial charge < -0.3 is 5.32 Å². The molecule has 0 spiro atoms. The number of hydrogen-bond donors (Lipinski definition) is 1. The van der Waals surface area contributed by atoms with E-state index in [1.807, 2.05) is 11.8 Å². The van der Waals surface area contributed by atoms with Crippen molar-refractivity contribution in [3.8, 4) is 0 Å². The first-order valence-corrected chi connectivity index (χ1v) is 8.72. The van der Waals surface area contributed by atoms with Gasteiger partial charge in [-0.05, 0) is 36.8 Å². The molecule has 114 valence electrons. The van der Waals surface area contributed by atoms with Crippen LogP contribution in [0, 0.1) is 0 Å². The third kappa shape index (κ3) is 3.63. The van der Waals surface area contributed by atoms with Gasteiger partial charge in [0.1, 0.15) is 0 Å². The number of aromatic nitrogens is 1. The van der Waals surface area contributed by atoms with Crippen molar-refractivity contribution in [3.05, 3.63) is 23.8 Å². The van der Waals surface area contributed by atoms with Crippen LogP contribution in [0.2, 0.25) is 0 Å². The number of fused-ring (bicyclic) bond motifs is 1. The first-order chi connectivity index (χ1) is 10.0. The second-order valence-electron chi connectivity index (χ2n) is 5.07. The first-order valence-electron chi connectivity index (χ1n) is 6.85. The molecule has 3 rings (SSSR count). The summed E-state index contributed by atoms with van der Waals surface area (Å²) in [6.45, 7) is 0.830. The summed E-state index contributed by atoms with van der Waals surface area (Å²) < 4.78 is 38.8. The van der Waals surface area contributed by atoms with Crippen molar-refractivity contribution in [2.75, 3.05) is 17.6 Å². The van der Waals surface area contributed by atoms with Crippen molar-refractivity contribution >= 4 is 38.4 Å². The van der Waals surface area contributed by atoms with Crippen LogP contribution in [0.15, 0.2) is 18.2 Å². The molecule has 0 saturated carbocycles. The highest BCUT2D eigenvalue weighted by Crippen LogP contribution is 2.34. The summed E-state index contributed by atoms with van der Waals surface area (Å²) in [6.07, 6.45) is -0.582. The van der Waals surface area contributed by atoms with Crippen molar-refractivity contribution in [2.45, 2.75) is 30.7 Å². The second-order valence-corrected chi connectivity index (χ2v) is 7.51. The maximum absolute atomic E-state index is 12.7. The molecule has 1 fully saturated rings. The van der Waals surface area contributed by atoms with Gasteiger partial charge in [0, 0.05) is 11.8 Å². The Labute approximate surface area is 129 Å². The van der Waals surface area contributed by atoms with E-state index in [1.165, 1.54) is 42.4 Å². The van der Waals surface area contributed by atoms with Crippen molar-refractivity contribution in [3.63, 3.8) is 0 Å². The van der Waals surface area contributed by atoms with E-state index in [-0.39, 0.29) is 0 Å². The number of thioether (sulfide) groups is 1. The highest BCUT2D eigenvalue weighted by molar-refractivity contribution is 7.99. The average Bonchev–Trinajstić information content (AvgIpc) is 2.87. The minimum Gasteiger partial charge on any atom is -0.360 e. The Morgan fingerprint density at radius 3 is 2.86 bits per heavy atom. The van der Waals surface area contributed by atoms with Crippen molar-refractivity contribution < 1.29 is 13.2 Å². The van der Waals surface area contributed by atoms with E-state index in [0.29, 0.717) is 15.9 Å². The number of halogens is 3. The third-order valence-electron chi connectivity index (χ3n) is 3.47. The predicted molar refractivity (Wildman–Crippen MR) is 83.2 cm³/mol. The number of rotatable bonds is 3. The van der Waals surface area contributed by atoms with Gasteiger partial charge in [0.25, 0.3) is 0 Å². The number of alkyl halides is 3. The van der Waals surface area contributed by atoms with E-state index in [0.717, 1.165) is 23.4 Å². The van der Waals surface area contributed by atoms with Gasteiger partial charge >= 0.3 is 6.18 Å². The molecule has 1 aromatic carbocycles. The number of nitrogens with zero attached hydrogens (tertiary/aromatic N) is 1. The average molecular weight is 332 g/mol. The van der Waals surface area contributed by atoms with Crippen LogP contribution in [-0.4, -0.2) is 22.5 Å². The molecule has 7 heteroatoms. The van der Waals surface area contributed by atoms with Crippen LogP contribution in [0.1, 0.15) is 24.8 Å². The molecular weight excluding hydrogens is 317 g/mol. The zero-order valence-electron chi connectivity index (χ0n) is 11.2. The molecule has 1 aliphatic heterocycles. The molecule has 1 saturated heterocycles. The number of thiazole rings is 1. The van der Waals surface area contributed by atoms with E-state index >= 15 is 0 Å². The lowest BCUT2D eigenvalue weighted by molar-refractivity contribution is -0.137. The number of anilines is 1. The summed E-state index contributed by atoms with van der Waals surface area (Å²) in [7, 11) is 0. The molecule has 1 N–H and O–H groups in total. The molecule has 2 heterocycles. The van der Waals surface area contributed by atoms with Crippen LogP contribution in [-0.2, 0) is 6.18 Å². The van der Waals surface area contributed by atoms with E-state index in [2.05, 4.69) is 10.3 Å². The van der Waals surface area contributed by atoms with Gasteiger partial charge in [-0.2, -0.15) is 24.9 Å². The molecule has 0 aliphatic carbocycles. The monoisotopic (exact) mass is 332 g/mol. The Balaban J connectivity index is 1.71. The molecule has 1 unspecified atom stereocenters. The standard InChI is InChI=1S/C14H15F3N2S2/c15-14(16,17)9-4-5-12-11(7-9)19-13(21-12)18-8-10-3-1-2-6-20-10/h4-5,7,10H,1-3,6,8H2,(H,18,19). The Hall–Kier alpha value is -0.950. The van der Waals surface area contributed by atoms with Crippen LogP contribution in [0.4, 0.5) is 18.3 Å². The molecule has 1 atom stereocenters. The molecule has 2 nitrogen and oxygen atoms in total. The van der Waals surface area contributed by atoms with Gasteiger partial charge in [-0.1, -0.05) is 17.8 Å². The van der Waals surface area contributed by atoms with Crippen molar-refractivity contribution in [1.82, 2.24) is 4.98 Å². The fourth-order valence-corrected chi connectivity index (χ4v) is 4.44. The van der Waals surface area contributed by atoms with Crippen LogP contribution < -0.4 is 5.32 Å². The summed E-state index contributed by atoms with van der Waals surface area (Å²) in [5.74, 6) is 1.20. The SMILES string of the molecule is FC(F)(F)c1ccc2sc(NCC3CCCCS3)nc2c1. The van der Waals surface area contributed by atoms with E-state index in [9.17, 15) is 13.2 Å². The summed E-state index contributed by atoms with van der Waals surface area (Å²) >= 11 is 3.37.